The molecule has 0 atom stereocenters. The Balaban J connectivity index is 2.68. The van der Waals surface area contributed by atoms with Crippen LogP contribution in [0.1, 0.15) is 15.2 Å². The van der Waals surface area contributed by atoms with Crippen LogP contribution in [0.3, 0.4) is 0 Å². The zero-order valence-electron chi connectivity index (χ0n) is 7.07. The largest absolute Gasteiger partial charge is 0.281 e. The molecule has 13 heavy (non-hydrogen) atoms. The number of hydrogen-bond acceptors (Lipinski definition) is 2. The molecule has 0 saturated heterocycles. The zero-order chi connectivity index (χ0) is 9.42. The van der Waals surface area contributed by atoms with Crippen LogP contribution in [0, 0.1) is 6.92 Å². The molecule has 2 rings (SSSR count). The zero-order valence-corrected chi connectivity index (χ0v) is 8.78. The van der Waals surface area contributed by atoms with E-state index in [1.54, 1.807) is 0 Å². The SMILES string of the molecule is Cc1ccc2sc(C(=O)S)cc2c1. The fraction of sp³-hybridized carbons (Fsp3) is 0.100. The lowest BCUT2D eigenvalue weighted by Crippen LogP contribution is -1.78. The van der Waals surface area contributed by atoms with Gasteiger partial charge in [0.05, 0.1) is 4.88 Å². The lowest BCUT2D eigenvalue weighted by atomic mass is 10.2. The predicted octanol–water partition coefficient (Wildman–Crippen LogP) is 3.28. The van der Waals surface area contributed by atoms with Crippen molar-refractivity contribution in [3.63, 3.8) is 0 Å². The maximum absolute atomic E-state index is 11.0. The van der Waals surface area contributed by atoms with Crippen LogP contribution in [0.4, 0.5) is 0 Å². The maximum Gasteiger partial charge on any atom is 0.226 e. The van der Waals surface area contributed by atoms with Gasteiger partial charge in [-0.15, -0.1) is 11.3 Å². The van der Waals surface area contributed by atoms with Crippen molar-refractivity contribution in [3.05, 3.63) is 34.7 Å². The number of carbonyl (C=O) groups is 1. The molecule has 0 N–H and O–H groups in total. The van der Waals surface area contributed by atoms with Crippen molar-refractivity contribution in [1.29, 1.82) is 0 Å². The second-order valence-electron chi connectivity index (χ2n) is 2.96. The summed E-state index contributed by atoms with van der Waals surface area (Å²) in [6, 6.07) is 8.05. The second-order valence-corrected chi connectivity index (χ2v) is 4.45. The van der Waals surface area contributed by atoms with E-state index >= 15 is 0 Å². The summed E-state index contributed by atoms with van der Waals surface area (Å²) in [5.41, 5.74) is 1.21. The molecular formula is C10H8OS2. The molecule has 0 amide bonds. The van der Waals surface area contributed by atoms with E-state index in [-0.39, 0.29) is 5.12 Å². The minimum Gasteiger partial charge on any atom is -0.281 e. The molecule has 0 aliphatic carbocycles. The average Bonchev–Trinajstić information content (AvgIpc) is 2.46. The average molecular weight is 208 g/mol. The summed E-state index contributed by atoms with van der Waals surface area (Å²) >= 11 is 5.28. The first-order valence-corrected chi connectivity index (χ1v) is 5.17. The number of benzene rings is 1. The van der Waals surface area contributed by atoms with Crippen LogP contribution in [0.25, 0.3) is 10.1 Å². The van der Waals surface area contributed by atoms with Gasteiger partial charge in [0.2, 0.25) is 5.12 Å². The molecule has 66 valence electrons. The highest BCUT2D eigenvalue weighted by Crippen LogP contribution is 2.27. The van der Waals surface area contributed by atoms with Gasteiger partial charge in [-0.05, 0) is 24.4 Å². The monoisotopic (exact) mass is 208 g/mol. The summed E-state index contributed by atoms with van der Waals surface area (Å²) in [6.45, 7) is 2.04. The number of rotatable bonds is 1. The molecule has 0 spiro atoms. The van der Waals surface area contributed by atoms with Gasteiger partial charge in [-0.1, -0.05) is 30.3 Å². The van der Waals surface area contributed by atoms with Gasteiger partial charge in [0.25, 0.3) is 0 Å². The van der Waals surface area contributed by atoms with Crippen molar-refractivity contribution >= 4 is 39.2 Å². The molecule has 0 aliphatic rings. The Morgan fingerprint density at radius 1 is 1.38 bits per heavy atom. The third-order valence-electron chi connectivity index (χ3n) is 1.88. The fourth-order valence-electron chi connectivity index (χ4n) is 1.27. The van der Waals surface area contributed by atoms with Crippen LogP contribution in [-0.2, 0) is 0 Å². The molecule has 3 heteroatoms. The first-order valence-electron chi connectivity index (χ1n) is 3.90. The maximum atomic E-state index is 11.0. The van der Waals surface area contributed by atoms with E-state index in [0.29, 0.717) is 4.88 Å². The van der Waals surface area contributed by atoms with Gasteiger partial charge >= 0.3 is 0 Å². The molecule has 1 nitrogen and oxygen atoms in total. The molecule has 0 fully saturated rings. The van der Waals surface area contributed by atoms with Crippen LogP contribution >= 0.6 is 24.0 Å². The van der Waals surface area contributed by atoms with Crippen molar-refractivity contribution in [2.45, 2.75) is 6.92 Å². The van der Waals surface area contributed by atoms with E-state index in [1.807, 2.05) is 25.1 Å². The Morgan fingerprint density at radius 2 is 2.15 bits per heavy atom. The highest BCUT2D eigenvalue weighted by atomic mass is 32.1. The second kappa shape index (κ2) is 3.16. The number of aryl methyl sites for hydroxylation is 1. The van der Waals surface area contributed by atoms with Crippen molar-refractivity contribution in [3.8, 4) is 0 Å². The molecule has 0 radical (unpaired) electrons. The van der Waals surface area contributed by atoms with Crippen LogP contribution in [0.2, 0.25) is 0 Å². The Kier molecular flexibility index (Phi) is 2.14. The summed E-state index contributed by atoms with van der Waals surface area (Å²) in [4.78, 5) is 11.7. The van der Waals surface area contributed by atoms with Gasteiger partial charge in [0.1, 0.15) is 0 Å². The normalized spacial score (nSPS) is 10.6. The molecule has 1 aromatic carbocycles. The van der Waals surface area contributed by atoms with Crippen molar-refractivity contribution in [1.82, 2.24) is 0 Å². The molecule has 0 bridgehead atoms. The van der Waals surface area contributed by atoms with Crippen molar-refractivity contribution in [2.24, 2.45) is 0 Å². The van der Waals surface area contributed by atoms with Gasteiger partial charge in [0, 0.05) is 4.70 Å². The number of hydrogen-bond donors (Lipinski definition) is 1. The Morgan fingerprint density at radius 3 is 2.85 bits per heavy atom. The number of thiophene rings is 1. The van der Waals surface area contributed by atoms with E-state index in [0.717, 1.165) is 10.1 Å². The van der Waals surface area contributed by atoms with Crippen LogP contribution in [0.15, 0.2) is 24.3 Å². The first-order chi connectivity index (χ1) is 6.16. The van der Waals surface area contributed by atoms with Gasteiger partial charge in [0.15, 0.2) is 0 Å². The highest BCUT2D eigenvalue weighted by molar-refractivity contribution is 7.97. The van der Waals surface area contributed by atoms with Crippen LogP contribution in [0.5, 0.6) is 0 Å². The van der Waals surface area contributed by atoms with Gasteiger partial charge in [-0.3, -0.25) is 4.79 Å². The third-order valence-corrected chi connectivity index (χ3v) is 3.39. The van der Waals surface area contributed by atoms with E-state index in [9.17, 15) is 4.79 Å². The van der Waals surface area contributed by atoms with E-state index in [4.69, 9.17) is 0 Å². The standard InChI is InChI=1S/C10H8OS2/c1-6-2-3-8-7(4-6)5-9(13-8)10(11)12/h2-5H,1H3,(H,11,12). The summed E-state index contributed by atoms with van der Waals surface area (Å²) in [5, 5.41) is 0.973. The predicted molar refractivity (Wildman–Crippen MR) is 59.9 cm³/mol. The molecule has 2 aromatic rings. The molecule has 1 aromatic heterocycles. The van der Waals surface area contributed by atoms with E-state index < -0.39 is 0 Å². The van der Waals surface area contributed by atoms with E-state index in [1.165, 1.54) is 16.9 Å². The van der Waals surface area contributed by atoms with Gasteiger partial charge < -0.3 is 0 Å². The minimum atomic E-state index is -0.154. The molecule has 1 heterocycles. The quantitative estimate of drug-likeness (QED) is 0.712. The number of carbonyl (C=O) groups excluding carboxylic acids is 1. The lowest BCUT2D eigenvalue weighted by molar-refractivity contribution is 0.109. The molecule has 0 unspecified atom stereocenters. The molecule has 0 saturated carbocycles. The molecule has 0 aliphatic heterocycles. The Hall–Kier alpha value is -0.800. The third kappa shape index (κ3) is 1.62. The Bertz CT molecular complexity index is 471. The fourth-order valence-corrected chi connectivity index (χ4v) is 2.35. The number of fused-ring (bicyclic) bond motifs is 1. The van der Waals surface area contributed by atoms with E-state index in [2.05, 4.69) is 18.7 Å². The van der Waals surface area contributed by atoms with Gasteiger partial charge in [-0.2, -0.15) is 0 Å². The first kappa shape index (κ1) is 8.78. The van der Waals surface area contributed by atoms with Crippen LogP contribution in [-0.4, -0.2) is 5.12 Å². The lowest BCUT2D eigenvalue weighted by Gasteiger charge is -1.89. The summed E-state index contributed by atoms with van der Waals surface area (Å²) < 4.78 is 1.14. The highest BCUT2D eigenvalue weighted by Gasteiger charge is 2.05. The van der Waals surface area contributed by atoms with Crippen molar-refractivity contribution in [2.75, 3.05) is 0 Å². The van der Waals surface area contributed by atoms with Crippen LogP contribution < -0.4 is 0 Å². The van der Waals surface area contributed by atoms with Crippen molar-refractivity contribution < 1.29 is 4.79 Å². The number of thiol groups is 1. The smallest absolute Gasteiger partial charge is 0.226 e. The van der Waals surface area contributed by atoms with Gasteiger partial charge in [-0.25, -0.2) is 0 Å². The minimum absolute atomic E-state index is 0.154. The summed E-state index contributed by atoms with van der Waals surface area (Å²) in [7, 11) is 0. The topological polar surface area (TPSA) is 17.1 Å². The summed E-state index contributed by atoms with van der Waals surface area (Å²) in [5.74, 6) is 0. The summed E-state index contributed by atoms with van der Waals surface area (Å²) in [6.07, 6.45) is 0. The Labute approximate surface area is 85.8 Å². The molecular weight excluding hydrogens is 200 g/mol.